The summed E-state index contributed by atoms with van der Waals surface area (Å²) >= 11 is 0.800. The summed E-state index contributed by atoms with van der Waals surface area (Å²) in [7, 11) is 1.73. The quantitative estimate of drug-likeness (QED) is 0.631. The zero-order valence-corrected chi connectivity index (χ0v) is 17.4. The Morgan fingerprint density at radius 1 is 1.23 bits per heavy atom. The van der Waals surface area contributed by atoms with E-state index >= 15 is 0 Å². The van der Waals surface area contributed by atoms with E-state index in [1.807, 2.05) is 4.90 Å². The van der Waals surface area contributed by atoms with Crippen LogP contribution >= 0.6 is 11.3 Å². The van der Waals surface area contributed by atoms with Crippen molar-refractivity contribution in [3.63, 3.8) is 0 Å². The average molecular weight is 451 g/mol. The molecule has 12 heteroatoms. The number of anilines is 3. The summed E-state index contributed by atoms with van der Waals surface area (Å²) in [4.78, 5) is 22.3. The van der Waals surface area contributed by atoms with Crippen LogP contribution in [0.25, 0.3) is 10.6 Å². The Morgan fingerprint density at radius 2 is 1.97 bits per heavy atom. The first-order valence-corrected chi connectivity index (χ1v) is 10.4. The molecule has 0 spiro atoms. The minimum absolute atomic E-state index is 0.0172. The van der Waals surface area contributed by atoms with Gasteiger partial charge < -0.3 is 16.0 Å². The molecule has 0 aliphatic carbocycles. The van der Waals surface area contributed by atoms with Crippen LogP contribution in [0.4, 0.5) is 29.7 Å². The van der Waals surface area contributed by atoms with E-state index in [-0.39, 0.29) is 15.7 Å². The van der Waals surface area contributed by atoms with E-state index in [1.165, 1.54) is 6.20 Å². The van der Waals surface area contributed by atoms with Crippen molar-refractivity contribution in [2.75, 3.05) is 29.0 Å². The first-order valence-electron chi connectivity index (χ1n) is 9.63. The third-order valence-electron chi connectivity index (χ3n) is 5.05. The standard InChI is InChI=1S/C19H20F3N7OS/c1-28-19(29-5-2-3-10(20)4-6-29)13(9-25-28)26-17(30)15-16(23)31-18(27-15)14-11(21)7-24-8-12(14)22/h7-10H,2-6,23H2,1H3,(H,26,30)/t10-/m1/s1. The Morgan fingerprint density at radius 3 is 2.71 bits per heavy atom. The van der Waals surface area contributed by atoms with E-state index < -0.39 is 29.3 Å². The van der Waals surface area contributed by atoms with E-state index in [0.29, 0.717) is 43.9 Å². The van der Waals surface area contributed by atoms with Crippen LogP contribution in [-0.4, -0.2) is 44.9 Å². The summed E-state index contributed by atoms with van der Waals surface area (Å²) < 4.78 is 43.4. The summed E-state index contributed by atoms with van der Waals surface area (Å²) in [6.45, 7) is 1.12. The van der Waals surface area contributed by atoms with Gasteiger partial charge in [0.2, 0.25) is 0 Å². The maximum absolute atomic E-state index is 14.0. The van der Waals surface area contributed by atoms with Gasteiger partial charge in [-0.1, -0.05) is 11.3 Å². The second-order valence-corrected chi connectivity index (χ2v) is 8.22. The van der Waals surface area contributed by atoms with Crippen molar-refractivity contribution >= 4 is 33.8 Å². The monoisotopic (exact) mass is 451 g/mol. The number of carbonyl (C=O) groups excluding carboxylic acids is 1. The molecule has 1 atom stereocenters. The highest BCUT2D eigenvalue weighted by molar-refractivity contribution is 7.19. The van der Waals surface area contributed by atoms with E-state index in [4.69, 9.17) is 5.73 Å². The molecule has 31 heavy (non-hydrogen) atoms. The third kappa shape index (κ3) is 4.20. The number of nitrogens with one attached hydrogen (secondary N) is 1. The number of aromatic nitrogens is 4. The van der Waals surface area contributed by atoms with Gasteiger partial charge in [-0.3, -0.25) is 14.5 Å². The molecule has 8 nitrogen and oxygen atoms in total. The molecule has 0 aromatic carbocycles. The normalized spacial score (nSPS) is 16.9. The van der Waals surface area contributed by atoms with Crippen LogP contribution in [0.1, 0.15) is 29.8 Å². The summed E-state index contributed by atoms with van der Waals surface area (Å²) in [5.74, 6) is -1.80. The molecule has 1 saturated heterocycles. The average Bonchev–Trinajstić information content (AvgIpc) is 3.19. The summed E-state index contributed by atoms with van der Waals surface area (Å²) in [5, 5.41) is 6.87. The minimum Gasteiger partial charge on any atom is -0.389 e. The van der Waals surface area contributed by atoms with Crippen LogP contribution in [0.2, 0.25) is 0 Å². The molecule has 0 unspecified atom stereocenters. The zero-order chi connectivity index (χ0) is 22.1. The lowest BCUT2D eigenvalue weighted by Crippen LogP contribution is -2.28. The van der Waals surface area contributed by atoms with Gasteiger partial charge in [0.05, 0.1) is 24.2 Å². The fourth-order valence-corrected chi connectivity index (χ4v) is 4.44. The van der Waals surface area contributed by atoms with Gasteiger partial charge in [0.1, 0.15) is 21.9 Å². The number of nitrogen functional groups attached to an aromatic ring is 1. The molecule has 0 radical (unpaired) electrons. The maximum Gasteiger partial charge on any atom is 0.277 e. The lowest BCUT2D eigenvalue weighted by Gasteiger charge is -2.23. The van der Waals surface area contributed by atoms with Gasteiger partial charge in [-0.15, -0.1) is 0 Å². The molecule has 0 bridgehead atoms. The Kier molecular flexibility index (Phi) is 5.81. The van der Waals surface area contributed by atoms with Gasteiger partial charge in [-0.05, 0) is 19.3 Å². The molecule has 3 aromatic rings. The van der Waals surface area contributed by atoms with Crippen molar-refractivity contribution in [2.24, 2.45) is 7.05 Å². The fraction of sp³-hybridized carbons (Fsp3) is 0.368. The lowest BCUT2D eigenvalue weighted by molar-refractivity contribution is 0.102. The maximum atomic E-state index is 14.0. The van der Waals surface area contributed by atoms with Gasteiger partial charge in [0.15, 0.2) is 23.1 Å². The van der Waals surface area contributed by atoms with Crippen LogP contribution in [-0.2, 0) is 7.05 Å². The minimum atomic E-state index is -0.900. The number of carbonyl (C=O) groups is 1. The van der Waals surface area contributed by atoms with E-state index in [9.17, 15) is 18.0 Å². The highest BCUT2D eigenvalue weighted by atomic mass is 32.1. The van der Waals surface area contributed by atoms with Crippen LogP contribution in [0, 0.1) is 11.6 Å². The van der Waals surface area contributed by atoms with Crippen LogP contribution in [0.5, 0.6) is 0 Å². The topological polar surface area (TPSA) is 102 Å². The van der Waals surface area contributed by atoms with E-state index in [0.717, 1.165) is 23.7 Å². The molecule has 164 valence electrons. The zero-order valence-electron chi connectivity index (χ0n) is 16.6. The number of nitrogens with zero attached hydrogens (tertiary/aromatic N) is 5. The fourth-order valence-electron chi connectivity index (χ4n) is 3.56. The van der Waals surface area contributed by atoms with Crippen molar-refractivity contribution in [1.29, 1.82) is 0 Å². The third-order valence-corrected chi connectivity index (χ3v) is 5.95. The first-order chi connectivity index (χ1) is 14.8. The molecular weight excluding hydrogens is 431 g/mol. The highest BCUT2D eigenvalue weighted by Crippen LogP contribution is 2.34. The number of amides is 1. The van der Waals surface area contributed by atoms with E-state index in [2.05, 4.69) is 20.4 Å². The summed E-state index contributed by atoms with van der Waals surface area (Å²) in [6, 6.07) is 0. The van der Waals surface area contributed by atoms with Gasteiger partial charge in [-0.2, -0.15) is 5.10 Å². The smallest absolute Gasteiger partial charge is 0.277 e. The van der Waals surface area contributed by atoms with Crippen molar-refractivity contribution < 1.29 is 18.0 Å². The molecule has 1 fully saturated rings. The highest BCUT2D eigenvalue weighted by Gasteiger charge is 2.25. The predicted molar refractivity (Wildman–Crippen MR) is 112 cm³/mol. The molecular formula is C19H20F3N7OS. The Labute approximate surface area is 179 Å². The van der Waals surface area contributed by atoms with Gasteiger partial charge in [-0.25, -0.2) is 18.2 Å². The summed E-state index contributed by atoms with van der Waals surface area (Å²) in [6.07, 6.45) is 3.93. The second kappa shape index (κ2) is 8.53. The number of aryl methyl sites for hydroxylation is 1. The molecule has 3 aromatic heterocycles. The van der Waals surface area contributed by atoms with Gasteiger partial charge in [0.25, 0.3) is 5.91 Å². The van der Waals surface area contributed by atoms with E-state index in [1.54, 1.807) is 11.7 Å². The number of thiazole rings is 1. The molecule has 1 aliphatic heterocycles. The largest absolute Gasteiger partial charge is 0.389 e. The van der Waals surface area contributed by atoms with Crippen LogP contribution in [0.15, 0.2) is 18.6 Å². The van der Waals surface area contributed by atoms with Crippen LogP contribution in [0.3, 0.4) is 0 Å². The number of rotatable bonds is 4. The summed E-state index contributed by atoms with van der Waals surface area (Å²) in [5.41, 5.74) is 5.80. The Hall–Kier alpha value is -3.15. The van der Waals surface area contributed by atoms with Gasteiger partial charge in [0, 0.05) is 20.1 Å². The molecule has 4 rings (SSSR count). The van der Waals surface area contributed by atoms with Crippen molar-refractivity contribution in [1.82, 2.24) is 19.7 Å². The van der Waals surface area contributed by atoms with Gasteiger partial charge >= 0.3 is 0 Å². The molecule has 1 aliphatic rings. The molecule has 3 N–H and O–H groups in total. The van der Waals surface area contributed by atoms with Crippen molar-refractivity contribution in [3.05, 3.63) is 35.9 Å². The first kappa shape index (κ1) is 21.1. The number of pyridine rings is 1. The number of hydrogen-bond donors (Lipinski definition) is 2. The molecule has 1 amide bonds. The number of alkyl halides is 1. The number of nitrogens with two attached hydrogens (primary N) is 1. The van der Waals surface area contributed by atoms with Crippen molar-refractivity contribution in [3.8, 4) is 10.6 Å². The number of halogens is 3. The van der Waals surface area contributed by atoms with Crippen molar-refractivity contribution in [2.45, 2.75) is 25.4 Å². The Bertz CT molecular complexity index is 1100. The van der Waals surface area contributed by atoms with Crippen LogP contribution < -0.4 is 16.0 Å². The second-order valence-electron chi connectivity index (χ2n) is 7.18. The predicted octanol–water partition coefficient (Wildman–Crippen LogP) is 3.38. The Balaban J connectivity index is 1.60. The molecule has 0 saturated carbocycles. The molecule has 4 heterocycles. The SMILES string of the molecule is Cn1ncc(NC(=O)c2nc(-c3c(F)cncc3F)sc2N)c1N1CCC[C@@H](F)CC1. The number of hydrogen-bond acceptors (Lipinski definition) is 7. The lowest BCUT2D eigenvalue weighted by atomic mass is 10.2.